The van der Waals surface area contributed by atoms with Crippen LogP contribution < -0.4 is 0 Å². The predicted molar refractivity (Wildman–Crippen MR) is 59.6 cm³/mol. The second kappa shape index (κ2) is 6.08. The molecule has 4 nitrogen and oxygen atoms in total. The summed E-state index contributed by atoms with van der Waals surface area (Å²) in [5.74, 6) is 0.242. The lowest BCUT2D eigenvalue weighted by Crippen LogP contribution is -2.52. The topological polar surface area (TPSA) is 43.8 Å². The molecule has 1 aliphatic heterocycles. The average molecular weight is 214 g/mol. The maximum Gasteiger partial charge on any atom is 0.222 e. The fraction of sp³-hybridized carbons (Fsp3) is 0.909. The standard InChI is InChI=1S/C11H22N2O2/c1-3-10(9-14)12-5-7-13(8-6-12)11(15)4-2/h10,14H,3-9H2,1-2H3. The SMILES string of the molecule is CCC(=O)N1CCN(C(CC)CO)CC1. The molecule has 1 aliphatic rings. The molecule has 0 bridgehead atoms. The molecule has 1 amide bonds. The normalized spacial score (nSPS) is 20.3. The third kappa shape index (κ3) is 3.18. The molecule has 1 heterocycles. The van der Waals surface area contributed by atoms with Crippen molar-refractivity contribution in [3.63, 3.8) is 0 Å². The van der Waals surface area contributed by atoms with E-state index >= 15 is 0 Å². The Balaban J connectivity index is 2.38. The number of aliphatic hydroxyl groups excluding tert-OH is 1. The lowest BCUT2D eigenvalue weighted by Gasteiger charge is -2.38. The molecule has 0 aliphatic carbocycles. The number of rotatable bonds is 4. The maximum atomic E-state index is 11.4. The highest BCUT2D eigenvalue weighted by atomic mass is 16.3. The third-order valence-corrected chi connectivity index (χ3v) is 3.17. The Labute approximate surface area is 91.9 Å². The molecule has 0 saturated carbocycles. The summed E-state index contributed by atoms with van der Waals surface area (Å²) in [4.78, 5) is 15.6. The minimum atomic E-state index is 0.220. The van der Waals surface area contributed by atoms with Crippen LogP contribution in [0.3, 0.4) is 0 Å². The Hall–Kier alpha value is -0.610. The smallest absolute Gasteiger partial charge is 0.222 e. The monoisotopic (exact) mass is 214 g/mol. The molecule has 0 radical (unpaired) electrons. The first kappa shape index (κ1) is 12.5. The van der Waals surface area contributed by atoms with E-state index in [0.717, 1.165) is 32.6 Å². The van der Waals surface area contributed by atoms with Crippen LogP contribution in [0.1, 0.15) is 26.7 Å². The number of piperazine rings is 1. The third-order valence-electron chi connectivity index (χ3n) is 3.17. The molecular weight excluding hydrogens is 192 g/mol. The van der Waals surface area contributed by atoms with Gasteiger partial charge in [-0.1, -0.05) is 13.8 Å². The summed E-state index contributed by atoms with van der Waals surface area (Å²) in [5, 5.41) is 9.18. The molecule has 15 heavy (non-hydrogen) atoms. The van der Waals surface area contributed by atoms with Gasteiger partial charge in [-0.05, 0) is 6.42 Å². The van der Waals surface area contributed by atoms with E-state index in [-0.39, 0.29) is 18.6 Å². The molecule has 0 spiro atoms. The Kier molecular flexibility index (Phi) is 5.05. The van der Waals surface area contributed by atoms with Crippen LogP contribution in [-0.4, -0.2) is 59.6 Å². The van der Waals surface area contributed by atoms with Crippen molar-refractivity contribution in [3.05, 3.63) is 0 Å². The zero-order valence-electron chi connectivity index (χ0n) is 9.78. The van der Waals surface area contributed by atoms with Gasteiger partial charge < -0.3 is 10.0 Å². The summed E-state index contributed by atoms with van der Waals surface area (Å²) in [5.41, 5.74) is 0. The highest BCUT2D eigenvalue weighted by Gasteiger charge is 2.23. The van der Waals surface area contributed by atoms with Crippen LogP contribution in [0.25, 0.3) is 0 Å². The molecule has 88 valence electrons. The van der Waals surface area contributed by atoms with E-state index in [1.165, 1.54) is 0 Å². The number of aliphatic hydroxyl groups is 1. The summed E-state index contributed by atoms with van der Waals surface area (Å²) in [7, 11) is 0. The summed E-state index contributed by atoms with van der Waals surface area (Å²) in [6, 6.07) is 0.267. The quantitative estimate of drug-likeness (QED) is 0.732. The van der Waals surface area contributed by atoms with E-state index in [1.807, 2.05) is 11.8 Å². The van der Waals surface area contributed by atoms with Crippen molar-refractivity contribution >= 4 is 5.91 Å². The molecule has 1 rings (SSSR count). The van der Waals surface area contributed by atoms with Gasteiger partial charge in [0, 0.05) is 38.6 Å². The largest absolute Gasteiger partial charge is 0.395 e. The van der Waals surface area contributed by atoms with Gasteiger partial charge in [-0.15, -0.1) is 0 Å². The molecule has 1 fully saturated rings. The number of nitrogens with zero attached hydrogens (tertiary/aromatic N) is 2. The van der Waals surface area contributed by atoms with Gasteiger partial charge in [-0.3, -0.25) is 9.69 Å². The van der Waals surface area contributed by atoms with Gasteiger partial charge in [0.1, 0.15) is 0 Å². The van der Waals surface area contributed by atoms with E-state index in [4.69, 9.17) is 0 Å². The first-order valence-electron chi connectivity index (χ1n) is 5.85. The van der Waals surface area contributed by atoms with Crippen LogP contribution >= 0.6 is 0 Å². The van der Waals surface area contributed by atoms with Gasteiger partial charge in [0.2, 0.25) is 5.91 Å². The highest BCUT2D eigenvalue weighted by Crippen LogP contribution is 2.09. The van der Waals surface area contributed by atoms with E-state index in [0.29, 0.717) is 6.42 Å². The maximum absolute atomic E-state index is 11.4. The minimum Gasteiger partial charge on any atom is -0.395 e. The van der Waals surface area contributed by atoms with Crippen LogP contribution in [0.15, 0.2) is 0 Å². The second-order valence-corrected chi connectivity index (χ2v) is 4.01. The molecule has 1 N–H and O–H groups in total. The number of hydrogen-bond acceptors (Lipinski definition) is 3. The van der Waals surface area contributed by atoms with Gasteiger partial charge in [0.15, 0.2) is 0 Å². The Morgan fingerprint density at radius 2 is 1.87 bits per heavy atom. The minimum absolute atomic E-state index is 0.220. The van der Waals surface area contributed by atoms with Gasteiger partial charge in [0.25, 0.3) is 0 Å². The van der Waals surface area contributed by atoms with Crippen molar-refractivity contribution in [3.8, 4) is 0 Å². The zero-order valence-corrected chi connectivity index (χ0v) is 9.78. The molecule has 1 saturated heterocycles. The molecule has 1 unspecified atom stereocenters. The van der Waals surface area contributed by atoms with Gasteiger partial charge in [-0.2, -0.15) is 0 Å². The van der Waals surface area contributed by atoms with Gasteiger partial charge >= 0.3 is 0 Å². The van der Waals surface area contributed by atoms with Crippen LogP contribution in [-0.2, 0) is 4.79 Å². The predicted octanol–water partition coefficient (Wildman–Crippen LogP) is 0.311. The first-order valence-corrected chi connectivity index (χ1v) is 5.85. The van der Waals surface area contributed by atoms with E-state index in [9.17, 15) is 9.90 Å². The molecule has 0 aromatic carbocycles. The van der Waals surface area contributed by atoms with Gasteiger partial charge in [0.05, 0.1) is 6.61 Å². The van der Waals surface area contributed by atoms with Crippen LogP contribution in [0.2, 0.25) is 0 Å². The van der Waals surface area contributed by atoms with Crippen molar-refractivity contribution in [1.82, 2.24) is 9.80 Å². The van der Waals surface area contributed by atoms with Crippen LogP contribution in [0.4, 0.5) is 0 Å². The van der Waals surface area contributed by atoms with Crippen molar-refractivity contribution in [1.29, 1.82) is 0 Å². The Morgan fingerprint density at radius 3 is 2.27 bits per heavy atom. The Bertz CT molecular complexity index is 197. The van der Waals surface area contributed by atoms with Crippen molar-refractivity contribution in [2.45, 2.75) is 32.7 Å². The molecule has 1 atom stereocenters. The van der Waals surface area contributed by atoms with Crippen LogP contribution in [0, 0.1) is 0 Å². The molecular formula is C11H22N2O2. The summed E-state index contributed by atoms with van der Waals surface area (Å²) in [6.45, 7) is 7.61. The summed E-state index contributed by atoms with van der Waals surface area (Å²) < 4.78 is 0. The highest BCUT2D eigenvalue weighted by molar-refractivity contribution is 5.75. The van der Waals surface area contributed by atoms with E-state index < -0.39 is 0 Å². The lowest BCUT2D eigenvalue weighted by atomic mass is 10.1. The lowest BCUT2D eigenvalue weighted by molar-refractivity contribution is -0.133. The van der Waals surface area contributed by atoms with Crippen molar-refractivity contribution in [2.24, 2.45) is 0 Å². The van der Waals surface area contributed by atoms with E-state index in [1.54, 1.807) is 0 Å². The van der Waals surface area contributed by atoms with Crippen LogP contribution in [0.5, 0.6) is 0 Å². The number of carbonyl (C=O) groups excluding carboxylic acids is 1. The second-order valence-electron chi connectivity index (χ2n) is 4.01. The first-order chi connectivity index (χ1) is 7.22. The fourth-order valence-corrected chi connectivity index (χ4v) is 2.06. The number of amides is 1. The molecule has 0 aromatic heterocycles. The van der Waals surface area contributed by atoms with Crippen molar-refractivity contribution < 1.29 is 9.90 Å². The average Bonchev–Trinajstić information content (AvgIpc) is 2.30. The number of carbonyl (C=O) groups is 1. The summed E-state index contributed by atoms with van der Waals surface area (Å²) in [6.07, 6.45) is 1.56. The molecule has 4 heteroatoms. The van der Waals surface area contributed by atoms with E-state index in [2.05, 4.69) is 11.8 Å². The zero-order chi connectivity index (χ0) is 11.3. The Morgan fingerprint density at radius 1 is 1.27 bits per heavy atom. The molecule has 0 aromatic rings. The fourth-order valence-electron chi connectivity index (χ4n) is 2.06. The summed E-state index contributed by atoms with van der Waals surface area (Å²) >= 11 is 0. The number of hydrogen-bond donors (Lipinski definition) is 1. The van der Waals surface area contributed by atoms with Gasteiger partial charge in [-0.25, -0.2) is 0 Å². The van der Waals surface area contributed by atoms with Crippen molar-refractivity contribution in [2.75, 3.05) is 32.8 Å².